The third kappa shape index (κ3) is 3.92. The van der Waals surface area contributed by atoms with Crippen LogP contribution in [0.4, 0.5) is 0 Å². The molecule has 1 nitrogen and oxygen atoms in total. The molecule has 0 atom stereocenters. The van der Waals surface area contributed by atoms with Gasteiger partial charge in [-0.15, -0.1) is 18.2 Å². The van der Waals surface area contributed by atoms with Crippen LogP contribution >= 0.6 is 0 Å². The van der Waals surface area contributed by atoms with E-state index >= 15 is 0 Å². The van der Waals surface area contributed by atoms with Gasteiger partial charge in [0.25, 0.3) is 0 Å². The monoisotopic (exact) mass is 278 g/mol. The molecule has 0 saturated carbocycles. The summed E-state index contributed by atoms with van der Waals surface area (Å²) in [7, 11) is 0. The summed E-state index contributed by atoms with van der Waals surface area (Å²) in [6, 6.07) is 25.2. The minimum absolute atomic E-state index is 0. The van der Waals surface area contributed by atoms with Crippen molar-refractivity contribution in [2.24, 2.45) is 0 Å². The van der Waals surface area contributed by atoms with Crippen molar-refractivity contribution >= 4 is 0 Å². The molecule has 1 N–H and O–H groups in total. The molecule has 0 heterocycles. The summed E-state index contributed by atoms with van der Waals surface area (Å²) >= 11 is 0. The number of phenolic OH excluding ortho intramolecular Hbond substituents is 1. The second-order valence-electron chi connectivity index (χ2n) is 3.65. The molecule has 0 aliphatic carbocycles. The fraction of sp³-hybridized carbons (Fsp3) is 0. The summed E-state index contributed by atoms with van der Waals surface area (Å²) in [5, 5.41) is 9.48. The molecule has 0 saturated heterocycles. The predicted octanol–water partition coefficient (Wildman–Crippen LogP) is 4.18. The first-order valence-electron chi connectivity index (χ1n) is 5.54. The van der Waals surface area contributed by atoms with E-state index in [1.54, 1.807) is 6.07 Å². The Hall–Kier alpha value is -1.76. The summed E-state index contributed by atoms with van der Waals surface area (Å²) in [6.45, 7) is 0. The first kappa shape index (κ1) is 14.3. The van der Waals surface area contributed by atoms with Crippen LogP contribution in [0.15, 0.2) is 78.9 Å². The van der Waals surface area contributed by atoms with E-state index in [0.717, 1.165) is 11.1 Å². The number of benzene rings is 1. The van der Waals surface area contributed by atoms with Gasteiger partial charge in [-0.1, -0.05) is 29.3 Å². The molecule has 0 aliphatic rings. The van der Waals surface area contributed by atoms with Crippen LogP contribution in [0.25, 0.3) is 11.1 Å². The summed E-state index contributed by atoms with van der Waals surface area (Å²) in [6.07, 6.45) is 0. The third-order valence-corrected chi connectivity index (χ3v) is 2.43. The van der Waals surface area contributed by atoms with Gasteiger partial charge in [0.2, 0.25) is 0 Å². The van der Waals surface area contributed by atoms with Gasteiger partial charge in [-0.3, -0.25) is 0 Å². The van der Waals surface area contributed by atoms with E-state index in [1.807, 2.05) is 72.8 Å². The Morgan fingerprint density at radius 2 is 1.28 bits per heavy atom. The van der Waals surface area contributed by atoms with E-state index in [1.165, 1.54) is 0 Å². The van der Waals surface area contributed by atoms with Crippen molar-refractivity contribution in [3.05, 3.63) is 78.9 Å². The largest absolute Gasteiger partial charge is 0.748 e. The van der Waals surface area contributed by atoms with Gasteiger partial charge in [0, 0.05) is 17.1 Å². The van der Waals surface area contributed by atoms with E-state index in [0.29, 0.717) is 5.75 Å². The van der Waals surface area contributed by atoms with Gasteiger partial charge in [-0.25, -0.2) is 0 Å². The quantitative estimate of drug-likeness (QED) is 0.523. The van der Waals surface area contributed by atoms with Crippen molar-refractivity contribution < 1.29 is 22.2 Å². The molecule has 0 spiro atoms. The van der Waals surface area contributed by atoms with E-state index in [-0.39, 0.29) is 17.1 Å². The Bertz CT molecular complexity index is 507. The molecule has 3 aromatic rings. The molecule has 0 aromatic heterocycles. The van der Waals surface area contributed by atoms with Crippen LogP contribution in [-0.2, 0) is 17.1 Å². The van der Waals surface area contributed by atoms with Crippen molar-refractivity contribution in [1.82, 2.24) is 0 Å². The van der Waals surface area contributed by atoms with Crippen molar-refractivity contribution in [3.8, 4) is 16.9 Å². The van der Waals surface area contributed by atoms with E-state index in [9.17, 15) is 5.11 Å². The van der Waals surface area contributed by atoms with Gasteiger partial charge < -0.3 is 35.4 Å². The zero-order chi connectivity index (χ0) is 11.9. The van der Waals surface area contributed by atoms with Crippen molar-refractivity contribution in [2.45, 2.75) is 0 Å². The average Bonchev–Trinajstić information content (AvgIpc) is 3.06. The number of para-hydroxylation sites is 1. The molecular formula is C16H14FeO-6. The van der Waals surface area contributed by atoms with Gasteiger partial charge in [0.05, 0.1) is 5.75 Å². The average molecular weight is 278 g/mol. The molecule has 0 bridgehead atoms. The summed E-state index contributed by atoms with van der Waals surface area (Å²) < 4.78 is 0. The zero-order valence-electron chi connectivity index (χ0n) is 9.81. The van der Waals surface area contributed by atoms with Crippen LogP contribution in [0.2, 0.25) is 0 Å². The molecule has 0 aliphatic heterocycles. The van der Waals surface area contributed by atoms with E-state index in [2.05, 4.69) is 0 Å². The maximum atomic E-state index is 9.48. The van der Waals surface area contributed by atoms with E-state index in [4.69, 9.17) is 0 Å². The minimum atomic E-state index is 0. The Labute approximate surface area is 118 Å². The summed E-state index contributed by atoms with van der Waals surface area (Å²) in [5.41, 5.74) is 1.95. The molecule has 0 fully saturated rings. The molecule has 2 heteroatoms. The molecule has 0 unspecified atom stereocenters. The molecular weight excluding hydrogens is 264 g/mol. The maximum Gasteiger partial charge on any atom is 0.0567 e. The maximum absolute atomic E-state index is 9.48. The van der Waals surface area contributed by atoms with Gasteiger partial charge in [0.15, 0.2) is 0 Å². The smallest absolute Gasteiger partial charge is 0.0567 e. The van der Waals surface area contributed by atoms with Crippen molar-refractivity contribution in [2.75, 3.05) is 0 Å². The fourth-order valence-electron chi connectivity index (χ4n) is 1.59. The number of hydrogen-bond acceptors (Lipinski definition) is 1. The third-order valence-electron chi connectivity index (χ3n) is 2.43. The second-order valence-corrected chi connectivity index (χ2v) is 3.65. The van der Waals surface area contributed by atoms with E-state index < -0.39 is 0 Å². The molecule has 3 aromatic carbocycles. The molecule has 0 amide bonds. The van der Waals surface area contributed by atoms with Crippen LogP contribution in [0.3, 0.4) is 0 Å². The number of hydrogen-bond donors (Lipinski definition) is 1. The predicted molar refractivity (Wildman–Crippen MR) is 71.2 cm³/mol. The van der Waals surface area contributed by atoms with Crippen molar-refractivity contribution in [1.29, 1.82) is 0 Å². The first-order valence-corrected chi connectivity index (χ1v) is 5.54. The topological polar surface area (TPSA) is 20.2 Å². The van der Waals surface area contributed by atoms with Crippen LogP contribution < -0.4 is 0 Å². The first-order chi connectivity index (χ1) is 8.38. The SMILES string of the molecule is Oc1ccccc1-[c-]1cccc1.[Fe].[cH-]1[cH-][cH-][cH-][cH-]1. The fourth-order valence-corrected chi connectivity index (χ4v) is 1.59. The van der Waals surface area contributed by atoms with Crippen LogP contribution in [-0.4, -0.2) is 5.11 Å². The Morgan fingerprint density at radius 1 is 0.778 bits per heavy atom. The molecule has 18 heavy (non-hydrogen) atoms. The zero-order valence-corrected chi connectivity index (χ0v) is 10.9. The normalized spacial score (nSPS) is 8.89. The Morgan fingerprint density at radius 3 is 1.78 bits per heavy atom. The number of phenols is 1. The molecule has 3 rings (SSSR count). The van der Waals surface area contributed by atoms with Gasteiger partial charge in [-0.05, 0) is 0 Å². The minimum Gasteiger partial charge on any atom is -0.748 e. The molecule has 98 valence electrons. The van der Waals surface area contributed by atoms with Gasteiger partial charge >= 0.3 is 0 Å². The van der Waals surface area contributed by atoms with Crippen LogP contribution in [0.1, 0.15) is 0 Å². The number of aromatic hydroxyl groups is 1. The molecule has 0 radical (unpaired) electrons. The summed E-state index contributed by atoms with van der Waals surface area (Å²) in [5.74, 6) is 0.337. The van der Waals surface area contributed by atoms with Gasteiger partial charge in [0.1, 0.15) is 0 Å². The Kier molecular flexibility index (Phi) is 5.99. The van der Waals surface area contributed by atoms with Crippen LogP contribution in [0.5, 0.6) is 5.75 Å². The van der Waals surface area contributed by atoms with Gasteiger partial charge in [-0.2, -0.15) is 12.1 Å². The standard InChI is InChI=1S/C11H9O.C5H5.Fe/c12-11-8-4-3-7-10(11)9-5-1-2-6-9;1-2-4-5-3-1;/h1-8,12H;1-5H;/q-1;-5;. The Balaban J connectivity index is 0.000000230. The summed E-state index contributed by atoms with van der Waals surface area (Å²) in [4.78, 5) is 0. The number of rotatable bonds is 1. The van der Waals surface area contributed by atoms with Crippen LogP contribution in [0, 0.1) is 0 Å². The van der Waals surface area contributed by atoms with Crippen molar-refractivity contribution in [3.63, 3.8) is 0 Å². The second kappa shape index (κ2) is 7.54.